The highest BCUT2D eigenvalue weighted by molar-refractivity contribution is 7.10. The number of amides is 4. The fourth-order valence-electron chi connectivity index (χ4n) is 12.1. The van der Waals surface area contributed by atoms with Crippen LogP contribution in [0.4, 0.5) is 0 Å². The molecule has 1 aliphatic carbocycles. The molecule has 0 radical (unpaired) electrons. The number of thiophene rings is 1. The second kappa shape index (κ2) is 30.0. The van der Waals surface area contributed by atoms with Crippen LogP contribution in [0.1, 0.15) is 131 Å². The Hall–Kier alpha value is -12.1. The number of rotatable bonds is 9. The van der Waals surface area contributed by atoms with Gasteiger partial charge in [-0.25, -0.2) is 20.0 Å². The highest BCUT2D eigenvalue weighted by Gasteiger charge is 2.53. The summed E-state index contributed by atoms with van der Waals surface area (Å²) in [6.07, 6.45) is 13.4. The maximum absolute atomic E-state index is 13.0. The van der Waals surface area contributed by atoms with Crippen molar-refractivity contribution in [2.45, 2.75) is 110 Å². The number of carbonyl (C=O) groups excluding carboxylic acids is 4. The van der Waals surface area contributed by atoms with E-state index in [0.29, 0.717) is 23.8 Å². The van der Waals surface area contributed by atoms with Crippen LogP contribution in [0.3, 0.4) is 0 Å². The molecule has 0 saturated heterocycles. The van der Waals surface area contributed by atoms with Crippen LogP contribution in [0.15, 0.2) is 164 Å². The Morgan fingerprint density at radius 2 is 0.950 bits per heavy atom. The molecule has 2 aromatic carbocycles. The van der Waals surface area contributed by atoms with Crippen LogP contribution < -0.4 is 22.9 Å². The molecule has 6 aromatic heterocycles. The quantitative estimate of drug-likeness (QED) is 0.0978. The number of carbonyl (C=O) groups is 4. The molecule has 512 valence electrons. The van der Waals surface area contributed by atoms with Crippen LogP contribution in [0.2, 0.25) is 0 Å². The Balaban J connectivity index is 0.000000146. The first-order valence-corrected chi connectivity index (χ1v) is 33.4. The van der Waals surface area contributed by atoms with Gasteiger partial charge in [0, 0.05) is 121 Å². The lowest BCUT2D eigenvalue weighted by molar-refractivity contribution is -0.135. The fraction of sp³-hybridized carbons (Fsp3) is 0.295. The average Bonchev–Trinajstić information content (AvgIpc) is 1.61. The van der Waals surface area contributed by atoms with Crippen molar-refractivity contribution < 1.29 is 23.7 Å². The van der Waals surface area contributed by atoms with Crippen LogP contribution in [0, 0.1) is 59.2 Å². The first kappa shape index (κ1) is 71.7. The van der Waals surface area contributed by atoms with E-state index < -0.39 is 22.2 Å². The van der Waals surface area contributed by atoms with Gasteiger partial charge in [0.2, 0.25) is 23.6 Å². The van der Waals surface area contributed by atoms with Crippen LogP contribution >= 0.6 is 11.3 Å². The molecule has 0 bridgehead atoms. The smallest absolute Gasteiger partial charge is 0.235 e. The summed E-state index contributed by atoms with van der Waals surface area (Å²) in [7, 11) is 6.58. The average molecular weight is 1370 g/mol. The van der Waals surface area contributed by atoms with Gasteiger partial charge in [-0.2, -0.15) is 0 Å². The van der Waals surface area contributed by atoms with Crippen molar-refractivity contribution in [2.24, 2.45) is 54.7 Å². The molecule has 0 spiro atoms. The molecule has 13 rings (SSSR count). The van der Waals surface area contributed by atoms with Gasteiger partial charge in [0.15, 0.2) is 29.6 Å². The van der Waals surface area contributed by atoms with E-state index in [-0.39, 0.29) is 66.2 Å². The Kier molecular flexibility index (Phi) is 21.3. The number of guanidine groups is 4. The molecule has 23 heteroatoms. The van der Waals surface area contributed by atoms with Crippen LogP contribution in [-0.2, 0) is 41.3 Å². The van der Waals surface area contributed by atoms with Gasteiger partial charge in [-0.05, 0) is 163 Å². The number of hydrogen-bond acceptors (Lipinski definition) is 19. The van der Waals surface area contributed by atoms with E-state index in [0.717, 1.165) is 90.3 Å². The molecule has 1 saturated carbocycles. The maximum atomic E-state index is 13.0. The monoisotopic (exact) mass is 1370 g/mol. The summed E-state index contributed by atoms with van der Waals surface area (Å²) in [5.74, 6) is 25.2. The number of pyridine rings is 4. The predicted octanol–water partition coefficient (Wildman–Crippen LogP) is 9.73. The lowest BCUT2D eigenvalue weighted by Crippen LogP contribution is -2.54. The fourth-order valence-corrected chi connectivity index (χ4v) is 13.1. The van der Waals surface area contributed by atoms with Crippen molar-refractivity contribution in [3.63, 3.8) is 0 Å². The van der Waals surface area contributed by atoms with Gasteiger partial charge in [0.25, 0.3) is 0 Å². The number of nitrogens with zero attached hydrogens (tertiary/aromatic N) is 13. The highest BCUT2D eigenvalue weighted by Crippen LogP contribution is 2.51. The first-order chi connectivity index (χ1) is 48.2. The van der Waals surface area contributed by atoms with E-state index in [1.54, 1.807) is 97.3 Å². The number of nitrogens with two attached hydrogens (primary N) is 4. The summed E-state index contributed by atoms with van der Waals surface area (Å²) < 4.78 is 5.47. The molecule has 10 heterocycles. The third-order valence-corrected chi connectivity index (χ3v) is 19.3. The van der Waals surface area contributed by atoms with E-state index in [4.69, 9.17) is 32.5 Å². The molecule has 1 fully saturated rings. The van der Waals surface area contributed by atoms with Crippen LogP contribution in [0.5, 0.6) is 0 Å². The largest absolute Gasteiger partial charge is 0.369 e. The van der Waals surface area contributed by atoms with Gasteiger partial charge in [-0.1, -0.05) is 53.1 Å². The zero-order chi connectivity index (χ0) is 72.6. The van der Waals surface area contributed by atoms with Crippen molar-refractivity contribution in [2.75, 3.05) is 28.2 Å². The maximum Gasteiger partial charge on any atom is 0.235 e. The van der Waals surface area contributed by atoms with Gasteiger partial charge in [0.1, 0.15) is 16.8 Å². The number of benzene rings is 2. The van der Waals surface area contributed by atoms with Crippen LogP contribution in [0.25, 0.3) is 45.0 Å². The molecule has 5 aliphatic rings. The summed E-state index contributed by atoms with van der Waals surface area (Å²) >= 11 is 1.58. The molecule has 0 unspecified atom stereocenters. The second-order valence-corrected chi connectivity index (χ2v) is 26.6. The Bertz CT molecular complexity index is 4820. The topological polar surface area (TPSA) is 312 Å². The minimum Gasteiger partial charge on any atom is -0.369 e. The van der Waals surface area contributed by atoms with E-state index in [2.05, 4.69) is 98.9 Å². The Morgan fingerprint density at radius 3 is 1.52 bits per heavy atom. The van der Waals surface area contributed by atoms with E-state index in [1.807, 2.05) is 126 Å². The van der Waals surface area contributed by atoms with Crippen molar-refractivity contribution >= 4 is 58.8 Å². The number of aromatic nitrogens is 5. The number of hydrogen-bond donors (Lipinski definition) is 4. The minimum atomic E-state index is -0.823. The standard InChI is InChI=1S/C23H24N4O.C19H19N5O.C18H18N4O2.C18H18N4OS/c1-4-6-15-7-5-8-17(13-15)19-14-18(11-12-25-19)23(2)20(16-9-10-16)21(28)27(3)22(24)26-23;1-4-5-13-8-14(12-21-11-13)16-9-15(6-7-22-16)19(2)10-17(25)24(3)18(20)23-19;1-4-6-12-7-5-8-13(9-12)14-10-15(21-24-14)18(2)11-16(23)22(3)17(19)20-18;1-4-5-12-6-13(10-20-9-12)14-7-15(24-11-14)18(2)8-16(23)22(3)17(19)21-18/h5,7-8,11-14,16,20H,9-10H2,1-3H3,(H2,24,26);6-9,11-12H,10H2,1-3H3,(H2,20,23);5,7-10H,11H2,1-3H3,(H2,19,20);6-7,9-11H,8H2,1-3H3,(H2,19,21)/t20-,23+;19-;2*18-/m0000/s1. The van der Waals surface area contributed by atoms with Gasteiger partial charge in [-0.3, -0.25) is 58.7 Å². The lowest BCUT2D eigenvalue weighted by atomic mass is 9.75. The molecular formula is C78H79N17O5S. The molecular weight excluding hydrogens is 1290 g/mol. The van der Waals surface area contributed by atoms with Gasteiger partial charge in [0.05, 0.1) is 47.6 Å². The molecule has 4 aliphatic heterocycles. The second-order valence-electron chi connectivity index (χ2n) is 25.7. The molecule has 8 aromatic rings. The van der Waals surface area contributed by atoms with Crippen LogP contribution in [-0.4, -0.2) is 120 Å². The molecule has 5 atom stereocenters. The van der Waals surface area contributed by atoms with Crippen molar-refractivity contribution in [1.82, 2.24) is 44.7 Å². The van der Waals surface area contributed by atoms with E-state index in [9.17, 15) is 19.2 Å². The number of aliphatic imine (C=N–C) groups is 4. The normalized spacial score (nSPS) is 21.4. The molecule has 22 nitrogen and oxygen atoms in total. The third kappa shape index (κ3) is 15.9. The zero-order valence-electron chi connectivity index (χ0n) is 58.5. The highest BCUT2D eigenvalue weighted by atomic mass is 32.1. The molecule has 4 amide bonds. The summed E-state index contributed by atoms with van der Waals surface area (Å²) in [5, 5.41) is 6.16. The van der Waals surface area contributed by atoms with Crippen molar-refractivity contribution in [3.8, 4) is 92.3 Å². The van der Waals surface area contributed by atoms with Gasteiger partial charge in [-0.15, -0.1) is 35.0 Å². The lowest BCUT2D eigenvalue weighted by Gasteiger charge is -2.41. The van der Waals surface area contributed by atoms with Crippen molar-refractivity contribution in [1.29, 1.82) is 0 Å². The predicted molar refractivity (Wildman–Crippen MR) is 394 cm³/mol. The minimum absolute atomic E-state index is 0.0261. The van der Waals surface area contributed by atoms with Gasteiger partial charge >= 0.3 is 0 Å². The van der Waals surface area contributed by atoms with Gasteiger partial charge < -0.3 is 27.5 Å². The Morgan fingerprint density at radius 1 is 0.485 bits per heavy atom. The van der Waals surface area contributed by atoms with E-state index in [1.165, 1.54) is 19.6 Å². The Labute approximate surface area is 592 Å². The first-order valence-electron chi connectivity index (χ1n) is 32.5. The zero-order valence-corrected chi connectivity index (χ0v) is 59.4. The summed E-state index contributed by atoms with van der Waals surface area (Å²) in [6.45, 7) is 14.9. The summed E-state index contributed by atoms with van der Waals surface area (Å²) in [4.78, 5) is 91.8. The summed E-state index contributed by atoms with van der Waals surface area (Å²) in [6, 6.07) is 31.3. The SMILES string of the molecule is CC#Cc1cccc(-c2cc([C@@]3(C)N=C(N)N(C)C(=O)[C@@H]3C3CC3)ccn2)c1.CC#Cc1cccc(-c2cc([C@]3(C)CC(=O)N(C)C(N)=N3)no2)c1.CC#Cc1cncc(-c2cc([C@]3(C)CC(=O)N(C)C(N)=N3)ccn2)c1.CC#Cc1cncc(-c2csc([C@]3(C)CC(=O)N(C)C(N)=N3)c2)c1. The summed E-state index contributed by atoms with van der Waals surface area (Å²) in [5.41, 5.74) is 33.2. The molecule has 8 N–H and O–H groups in total. The van der Waals surface area contributed by atoms with Crippen molar-refractivity contribution in [3.05, 3.63) is 184 Å². The van der Waals surface area contributed by atoms with E-state index >= 15 is 0 Å². The third-order valence-electron chi connectivity index (χ3n) is 18.1. The molecule has 101 heavy (non-hydrogen) atoms.